The Morgan fingerprint density at radius 3 is 2.26 bits per heavy atom. The zero-order chi connectivity index (χ0) is 18.5. The van der Waals surface area contributed by atoms with Gasteiger partial charge in [-0.15, -0.1) is 12.4 Å². The zero-order valence-electron chi connectivity index (χ0n) is 16.3. The molecule has 0 bridgehead atoms. The third-order valence-corrected chi connectivity index (χ3v) is 4.60. The van der Waals surface area contributed by atoms with Gasteiger partial charge in [0.05, 0.1) is 33.5 Å². The lowest BCUT2D eigenvalue weighted by Gasteiger charge is -2.30. The largest absolute Gasteiger partial charge is 0.493 e. The van der Waals surface area contributed by atoms with E-state index in [0.717, 1.165) is 41.5 Å². The fraction of sp³-hybridized carbons (Fsp3) is 0.429. The van der Waals surface area contributed by atoms with Crippen LogP contribution in [0.3, 0.4) is 0 Å². The number of fused-ring (bicyclic) bond motifs is 1. The maximum atomic E-state index is 5.83. The summed E-state index contributed by atoms with van der Waals surface area (Å²) in [5.74, 6) is 3.08. The van der Waals surface area contributed by atoms with E-state index >= 15 is 0 Å². The molecule has 0 aliphatic carbocycles. The van der Waals surface area contributed by atoms with Gasteiger partial charge in [0.25, 0.3) is 0 Å². The van der Waals surface area contributed by atoms with Gasteiger partial charge in [-0.3, -0.25) is 0 Å². The van der Waals surface area contributed by atoms with E-state index in [1.807, 2.05) is 26.0 Å². The molecule has 1 N–H and O–H groups in total. The molecule has 0 radical (unpaired) electrons. The van der Waals surface area contributed by atoms with Gasteiger partial charge in [0.1, 0.15) is 0 Å². The Bertz CT molecular complexity index is 766. The fourth-order valence-electron chi connectivity index (χ4n) is 3.52. The van der Waals surface area contributed by atoms with Crippen molar-refractivity contribution >= 4 is 12.4 Å². The quantitative estimate of drug-likeness (QED) is 0.765. The molecule has 0 amide bonds. The van der Waals surface area contributed by atoms with Gasteiger partial charge in [0.15, 0.2) is 23.0 Å². The predicted molar refractivity (Wildman–Crippen MR) is 109 cm³/mol. The van der Waals surface area contributed by atoms with Crippen LogP contribution >= 0.6 is 12.4 Å². The van der Waals surface area contributed by atoms with Crippen molar-refractivity contribution in [3.8, 4) is 23.0 Å². The minimum Gasteiger partial charge on any atom is -0.493 e. The Balaban J connectivity index is 0.00000261. The Morgan fingerprint density at radius 1 is 0.926 bits per heavy atom. The van der Waals surface area contributed by atoms with Gasteiger partial charge >= 0.3 is 0 Å². The summed E-state index contributed by atoms with van der Waals surface area (Å²) in [6.45, 7) is 6.07. The minimum atomic E-state index is 0. The summed E-state index contributed by atoms with van der Waals surface area (Å²) in [6, 6.07) is 10.2. The highest BCUT2D eigenvalue weighted by molar-refractivity contribution is 5.85. The van der Waals surface area contributed by atoms with Gasteiger partial charge in [-0.05, 0) is 49.6 Å². The standard InChI is InChI=1S/C21H27NO4.ClH/c1-5-25-18-12-14-10-11-22-20(16(14)13-19(18)26-6-2)15-8-7-9-17(23-3)21(15)24-4;/h7-9,12-13,20,22H,5-6,10-11H2,1-4H3;1H. The summed E-state index contributed by atoms with van der Waals surface area (Å²) in [5.41, 5.74) is 3.51. The molecule has 0 saturated heterocycles. The van der Waals surface area contributed by atoms with Gasteiger partial charge in [-0.1, -0.05) is 12.1 Å². The first kappa shape index (κ1) is 21.2. The second kappa shape index (κ2) is 9.72. The third-order valence-electron chi connectivity index (χ3n) is 4.60. The number of ether oxygens (including phenoxy) is 4. The number of nitrogens with one attached hydrogen (secondary N) is 1. The van der Waals surface area contributed by atoms with Crippen molar-refractivity contribution in [3.63, 3.8) is 0 Å². The second-order valence-corrected chi connectivity index (χ2v) is 6.08. The maximum Gasteiger partial charge on any atom is 0.165 e. The summed E-state index contributed by atoms with van der Waals surface area (Å²) >= 11 is 0. The molecule has 1 unspecified atom stereocenters. The van der Waals surface area contributed by atoms with E-state index in [4.69, 9.17) is 18.9 Å². The average molecular weight is 394 g/mol. The van der Waals surface area contributed by atoms with Gasteiger partial charge in [-0.25, -0.2) is 0 Å². The molecule has 0 saturated carbocycles. The highest BCUT2D eigenvalue weighted by atomic mass is 35.5. The molecule has 1 aliphatic rings. The lowest BCUT2D eigenvalue weighted by molar-refractivity contribution is 0.286. The van der Waals surface area contributed by atoms with Crippen molar-refractivity contribution in [2.45, 2.75) is 26.3 Å². The number of halogens is 1. The second-order valence-electron chi connectivity index (χ2n) is 6.08. The van der Waals surface area contributed by atoms with Crippen LogP contribution in [0.1, 0.15) is 36.6 Å². The smallest absolute Gasteiger partial charge is 0.165 e. The summed E-state index contributed by atoms with van der Waals surface area (Å²) in [7, 11) is 3.33. The molecule has 27 heavy (non-hydrogen) atoms. The monoisotopic (exact) mass is 393 g/mol. The zero-order valence-corrected chi connectivity index (χ0v) is 17.2. The van der Waals surface area contributed by atoms with Gasteiger partial charge in [0, 0.05) is 12.1 Å². The van der Waals surface area contributed by atoms with E-state index in [1.165, 1.54) is 11.1 Å². The Labute approximate surface area is 167 Å². The number of methoxy groups -OCH3 is 2. The molecular formula is C21H28ClNO4. The molecule has 148 valence electrons. The van der Waals surface area contributed by atoms with Crippen LogP contribution in [0.4, 0.5) is 0 Å². The van der Waals surface area contributed by atoms with E-state index in [9.17, 15) is 0 Å². The van der Waals surface area contributed by atoms with Crippen LogP contribution in [0.15, 0.2) is 30.3 Å². The van der Waals surface area contributed by atoms with Crippen LogP contribution < -0.4 is 24.3 Å². The van der Waals surface area contributed by atoms with E-state index in [1.54, 1.807) is 14.2 Å². The van der Waals surface area contributed by atoms with Gasteiger partial charge in [-0.2, -0.15) is 0 Å². The van der Waals surface area contributed by atoms with Crippen molar-refractivity contribution in [2.75, 3.05) is 34.0 Å². The molecule has 1 aliphatic heterocycles. The van der Waals surface area contributed by atoms with Crippen LogP contribution in [0.2, 0.25) is 0 Å². The number of hydrogen-bond donors (Lipinski definition) is 1. The molecule has 3 rings (SSSR count). The number of para-hydroxylation sites is 1. The van der Waals surface area contributed by atoms with E-state index in [0.29, 0.717) is 13.2 Å². The lowest BCUT2D eigenvalue weighted by atomic mass is 9.88. The molecule has 2 aromatic rings. The Morgan fingerprint density at radius 2 is 1.63 bits per heavy atom. The van der Waals surface area contributed by atoms with Crippen LogP contribution in [0.25, 0.3) is 0 Å². The number of benzene rings is 2. The molecule has 1 heterocycles. The topological polar surface area (TPSA) is 49.0 Å². The average Bonchev–Trinajstić information content (AvgIpc) is 2.67. The fourth-order valence-corrected chi connectivity index (χ4v) is 3.52. The first-order valence-corrected chi connectivity index (χ1v) is 9.10. The van der Waals surface area contributed by atoms with Gasteiger partial charge in [0.2, 0.25) is 0 Å². The van der Waals surface area contributed by atoms with E-state index in [-0.39, 0.29) is 18.4 Å². The Kier molecular flexibility index (Phi) is 7.63. The summed E-state index contributed by atoms with van der Waals surface area (Å²) < 4.78 is 22.7. The highest BCUT2D eigenvalue weighted by Gasteiger charge is 2.27. The lowest BCUT2D eigenvalue weighted by Crippen LogP contribution is -2.31. The Hall–Kier alpha value is -2.11. The molecule has 6 heteroatoms. The summed E-state index contributed by atoms with van der Waals surface area (Å²) in [6.07, 6.45) is 0.949. The van der Waals surface area contributed by atoms with Crippen molar-refractivity contribution in [1.29, 1.82) is 0 Å². The molecule has 0 aromatic heterocycles. The molecule has 1 atom stereocenters. The van der Waals surface area contributed by atoms with E-state index in [2.05, 4.69) is 23.5 Å². The van der Waals surface area contributed by atoms with Crippen molar-refractivity contribution in [3.05, 3.63) is 47.0 Å². The molecule has 5 nitrogen and oxygen atoms in total. The first-order chi connectivity index (χ1) is 12.7. The highest BCUT2D eigenvalue weighted by Crippen LogP contribution is 2.42. The van der Waals surface area contributed by atoms with Crippen LogP contribution in [-0.4, -0.2) is 34.0 Å². The van der Waals surface area contributed by atoms with Crippen LogP contribution in [-0.2, 0) is 6.42 Å². The SMILES string of the molecule is CCOc1cc2c(cc1OCC)C(c1cccc(OC)c1OC)NCC2.Cl. The molecular weight excluding hydrogens is 366 g/mol. The predicted octanol–water partition coefficient (Wildman–Crippen LogP) is 4.16. The van der Waals surface area contributed by atoms with Crippen molar-refractivity contribution in [1.82, 2.24) is 5.32 Å². The molecule has 2 aromatic carbocycles. The number of hydrogen-bond acceptors (Lipinski definition) is 5. The minimum absolute atomic E-state index is 0. The van der Waals surface area contributed by atoms with Crippen LogP contribution in [0.5, 0.6) is 23.0 Å². The summed E-state index contributed by atoms with van der Waals surface area (Å²) in [5, 5.41) is 3.61. The molecule has 0 fully saturated rings. The van der Waals surface area contributed by atoms with Crippen molar-refractivity contribution < 1.29 is 18.9 Å². The summed E-state index contributed by atoms with van der Waals surface area (Å²) in [4.78, 5) is 0. The van der Waals surface area contributed by atoms with E-state index < -0.39 is 0 Å². The first-order valence-electron chi connectivity index (χ1n) is 9.10. The van der Waals surface area contributed by atoms with Crippen LogP contribution in [0, 0.1) is 0 Å². The normalized spacial score (nSPS) is 15.3. The van der Waals surface area contributed by atoms with Gasteiger partial charge < -0.3 is 24.3 Å². The number of rotatable bonds is 7. The van der Waals surface area contributed by atoms with Crippen molar-refractivity contribution in [2.24, 2.45) is 0 Å². The third kappa shape index (κ3) is 4.25. The molecule has 0 spiro atoms. The maximum absolute atomic E-state index is 5.83.